The molecule has 1 unspecified atom stereocenters. The second kappa shape index (κ2) is 8.97. The van der Waals surface area contributed by atoms with Crippen molar-refractivity contribution in [2.24, 2.45) is 0 Å². The number of benzene rings is 1. The molecule has 1 aromatic heterocycles. The zero-order valence-electron chi connectivity index (χ0n) is 17.0. The highest BCUT2D eigenvalue weighted by Gasteiger charge is 2.22. The van der Waals surface area contributed by atoms with Crippen LogP contribution in [0.1, 0.15) is 56.3 Å². The Morgan fingerprint density at radius 2 is 2.00 bits per heavy atom. The van der Waals surface area contributed by atoms with Crippen LogP contribution >= 0.6 is 0 Å². The largest absolute Gasteiger partial charge is 0.454 e. The van der Waals surface area contributed by atoms with Gasteiger partial charge in [-0.2, -0.15) is 0 Å². The van der Waals surface area contributed by atoms with Gasteiger partial charge in [0.25, 0.3) is 0 Å². The molecule has 28 heavy (non-hydrogen) atoms. The van der Waals surface area contributed by atoms with Gasteiger partial charge in [-0.1, -0.05) is 25.3 Å². The van der Waals surface area contributed by atoms with Gasteiger partial charge in [0.1, 0.15) is 0 Å². The van der Waals surface area contributed by atoms with E-state index in [0.717, 1.165) is 24.6 Å². The summed E-state index contributed by atoms with van der Waals surface area (Å²) in [5.74, 6) is 1.67. The Hall–Kier alpha value is -2.05. The number of ether oxygens (including phenoxy) is 3. The van der Waals surface area contributed by atoms with Gasteiger partial charge in [-0.3, -0.25) is 4.90 Å². The van der Waals surface area contributed by atoms with Crippen LogP contribution in [0.15, 0.2) is 30.7 Å². The van der Waals surface area contributed by atoms with E-state index >= 15 is 0 Å². The van der Waals surface area contributed by atoms with Gasteiger partial charge in [0.05, 0.1) is 18.6 Å². The first-order valence-electron chi connectivity index (χ1n) is 10.4. The molecule has 0 radical (unpaired) electrons. The highest BCUT2D eigenvalue weighted by Crippen LogP contribution is 2.33. The fourth-order valence-electron chi connectivity index (χ4n) is 4.34. The first-order chi connectivity index (χ1) is 13.7. The lowest BCUT2D eigenvalue weighted by Crippen LogP contribution is -2.36. The quantitative estimate of drug-likeness (QED) is 0.683. The van der Waals surface area contributed by atoms with Crippen molar-refractivity contribution in [1.29, 1.82) is 0 Å². The van der Waals surface area contributed by atoms with Crippen LogP contribution in [-0.2, 0) is 17.8 Å². The van der Waals surface area contributed by atoms with Crippen molar-refractivity contribution in [3.63, 3.8) is 0 Å². The highest BCUT2D eigenvalue weighted by molar-refractivity contribution is 5.44. The summed E-state index contributed by atoms with van der Waals surface area (Å²) in [5, 5.41) is 0. The standard InChI is InChI=1S/C22H31N3O3/c1-17(14-26-2)24(12-18-8-9-21-22(10-18)28-16-27-21)13-20-11-23-15-25(20)19-6-4-3-5-7-19/h8-11,15,17,19H,3-7,12-14,16H2,1-2H3. The third-order valence-electron chi connectivity index (χ3n) is 5.93. The Morgan fingerprint density at radius 3 is 2.82 bits per heavy atom. The van der Waals surface area contributed by atoms with Gasteiger partial charge >= 0.3 is 0 Å². The Balaban J connectivity index is 1.51. The lowest BCUT2D eigenvalue weighted by Gasteiger charge is -2.31. The van der Waals surface area contributed by atoms with Gasteiger partial charge in [0, 0.05) is 38.5 Å². The molecule has 1 saturated carbocycles. The van der Waals surface area contributed by atoms with E-state index in [1.807, 2.05) is 18.6 Å². The minimum absolute atomic E-state index is 0.296. The summed E-state index contributed by atoms with van der Waals surface area (Å²) >= 11 is 0. The fourth-order valence-corrected chi connectivity index (χ4v) is 4.34. The van der Waals surface area contributed by atoms with Gasteiger partial charge in [-0.25, -0.2) is 4.98 Å². The maximum Gasteiger partial charge on any atom is 0.231 e. The number of aromatic nitrogens is 2. The first kappa shape index (κ1) is 19.3. The molecule has 1 aromatic carbocycles. The molecular formula is C22H31N3O3. The number of fused-ring (bicyclic) bond motifs is 1. The summed E-state index contributed by atoms with van der Waals surface area (Å²) in [5.41, 5.74) is 2.51. The van der Waals surface area contributed by atoms with Crippen LogP contribution in [0.5, 0.6) is 11.5 Å². The van der Waals surface area contributed by atoms with Crippen molar-refractivity contribution in [1.82, 2.24) is 14.5 Å². The van der Waals surface area contributed by atoms with Crippen molar-refractivity contribution >= 4 is 0 Å². The summed E-state index contributed by atoms with van der Waals surface area (Å²) in [6.45, 7) is 4.91. The molecule has 0 amide bonds. The van der Waals surface area contributed by atoms with E-state index in [9.17, 15) is 0 Å². The average Bonchev–Trinajstić information content (AvgIpc) is 3.37. The SMILES string of the molecule is COCC(C)N(Cc1ccc2c(c1)OCO2)Cc1cncn1C1CCCCC1. The third kappa shape index (κ3) is 4.33. The minimum atomic E-state index is 0.296. The van der Waals surface area contributed by atoms with Crippen molar-refractivity contribution in [3.05, 3.63) is 42.0 Å². The summed E-state index contributed by atoms with van der Waals surface area (Å²) in [4.78, 5) is 6.93. The molecule has 2 aromatic rings. The molecule has 152 valence electrons. The van der Waals surface area contributed by atoms with Crippen molar-refractivity contribution in [3.8, 4) is 11.5 Å². The number of rotatable bonds is 8. The second-order valence-electron chi connectivity index (χ2n) is 7.98. The van der Waals surface area contributed by atoms with E-state index in [1.165, 1.54) is 43.4 Å². The van der Waals surface area contributed by atoms with Gasteiger partial charge in [-0.15, -0.1) is 0 Å². The Morgan fingerprint density at radius 1 is 1.18 bits per heavy atom. The van der Waals surface area contributed by atoms with Crippen LogP contribution in [0.2, 0.25) is 0 Å². The summed E-state index contributed by atoms with van der Waals surface area (Å²) in [6, 6.07) is 7.11. The van der Waals surface area contributed by atoms with Crippen LogP contribution in [-0.4, -0.2) is 41.0 Å². The van der Waals surface area contributed by atoms with Gasteiger partial charge in [-0.05, 0) is 37.5 Å². The number of methoxy groups -OCH3 is 1. The summed E-state index contributed by atoms with van der Waals surface area (Å²) in [6.07, 6.45) is 10.6. The van der Waals surface area contributed by atoms with Crippen molar-refractivity contribution in [2.45, 2.75) is 64.2 Å². The van der Waals surface area contributed by atoms with Crippen molar-refractivity contribution < 1.29 is 14.2 Å². The normalized spacial score (nSPS) is 18.0. The van der Waals surface area contributed by atoms with E-state index in [2.05, 4.69) is 33.5 Å². The molecule has 0 spiro atoms. The van der Waals surface area contributed by atoms with Crippen LogP contribution in [0.4, 0.5) is 0 Å². The van der Waals surface area contributed by atoms with E-state index in [1.54, 1.807) is 7.11 Å². The zero-order chi connectivity index (χ0) is 19.3. The van der Waals surface area contributed by atoms with Gasteiger partial charge in [0.15, 0.2) is 11.5 Å². The zero-order valence-corrected chi connectivity index (χ0v) is 17.0. The fraction of sp³-hybridized carbons (Fsp3) is 0.591. The van der Waals surface area contributed by atoms with Gasteiger partial charge < -0.3 is 18.8 Å². The topological polar surface area (TPSA) is 48.8 Å². The lowest BCUT2D eigenvalue weighted by molar-refractivity contribution is 0.0872. The molecule has 1 aliphatic carbocycles. The lowest BCUT2D eigenvalue weighted by atomic mass is 9.95. The predicted molar refractivity (Wildman–Crippen MR) is 107 cm³/mol. The van der Waals surface area contributed by atoms with Gasteiger partial charge in [0.2, 0.25) is 6.79 Å². The number of nitrogens with zero attached hydrogens (tertiary/aromatic N) is 3. The molecule has 1 aliphatic heterocycles. The third-order valence-corrected chi connectivity index (χ3v) is 5.93. The summed E-state index contributed by atoms with van der Waals surface area (Å²) in [7, 11) is 1.77. The Bertz CT molecular complexity index is 770. The molecule has 0 N–H and O–H groups in total. The molecular weight excluding hydrogens is 354 g/mol. The van der Waals surface area contributed by atoms with Crippen molar-refractivity contribution in [2.75, 3.05) is 20.5 Å². The monoisotopic (exact) mass is 385 g/mol. The minimum Gasteiger partial charge on any atom is -0.454 e. The number of imidazole rings is 1. The molecule has 4 rings (SSSR count). The molecule has 0 saturated heterocycles. The van der Waals surface area contributed by atoms with E-state index in [-0.39, 0.29) is 0 Å². The number of hydrogen-bond acceptors (Lipinski definition) is 5. The van der Waals surface area contributed by atoms with E-state index < -0.39 is 0 Å². The Kier molecular flexibility index (Phi) is 6.17. The summed E-state index contributed by atoms with van der Waals surface area (Å²) < 4.78 is 18.9. The van der Waals surface area contributed by atoms with E-state index in [4.69, 9.17) is 14.2 Å². The van der Waals surface area contributed by atoms with Crippen LogP contribution in [0.3, 0.4) is 0 Å². The van der Waals surface area contributed by atoms with Crippen LogP contribution in [0, 0.1) is 0 Å². The maximum atomic E-state index is 5.55. The molecule has 2 aliphatic rings. The predicted octanol–water partition coefficient (Wildman–Crippen LogP) is 4.15. The van der Waals surface area contributed by atoms with Crippen LogP contribution in [0.25, 0.3) is 0 Å². The van der Waals surface area contributed by atoms with E-state index in [0.29, 0.717) is 25.5 Å². The number of hydrogen-bond donors (Lipinski definition) is 0. The smallest absolute Gasteiger partial charge is 0.231 e. The molecule has 2 heterocycles. The highest BCUT2D eigenvalue weighted by atomic mass is 16.7. The second-order valence-corrected chi connectivity index (χ2v) is 7.98. The molecule has 1 atom stereocenters. The average molecular weight is 386 g/mol. The molecule has 6 heteroatoms. The molecule has 0 bridgehead atoms. The molecule has 6 nitrogen and oxygen atoms in total. The first-order valence-corrected chi connectivity index (χ1v) is 10.4. The molecule has 1 fully saturated rings. The Labute approximate surface area is 167 Å². The maximum absolute atomic E-state index is 5.55. The van der Waals surface area contributed by atoms with Crippen LogP contribution < -0.4 is 9.47 Å².